The van der Waals surface area contributed by atoms with Crippen molar-refractivity contribution in [1.82, 2.24) is 14.5 Å². The van der Waals surface area contributed by atoms with Crippen molar-refractivity contribution in [2.45, 2.75) is 67.2 Å². The molecule has 0 spiro atoms. The average molecular weight is 641 g/mol. The van der Waals surface area contributed by atoms with Crippen molar-refractivity contribution < 1.29 is 30.0 Å². The Hall–Kier alpha value is -2.30. The van der Waals surface area contributed by atoms with Crippen LogP contribution >= 0.6 is 0 Å². The number of imidazole rings is 1. The number of ketones is 1. The Bertz CT molecular complexity index is 1080. The molecule has 1 N–H and O–H groups in total. The van der Waals surface area contributed by atoms with Gasteiger partial charge in [0.1, 0.15) is 0 Å². The molecule has 0 fully saturated rings. The number of aromatic nitrogens is 3. The number of benzene rings is 1. The molecule has 0 bridgehead atoms. The molecule has 34 heavy (non-hydrogen) atoms. The van der Waals surface area contributed by atoms with Gasteiger partial charge in [-0.1, -0.05) is 41.5 Å². The van der Waals surface area contributed by atoms with Crippen molar-refractivity contribution in [3.63, 3.8) is 0 Å². The maximum Gasteiger partial charge on any atom is 0.162 e. The number of hydrogen-bond acceptors (Lipinski definition) is 4. The molecule has 0 aliphatic heterocycles. The first kappa shape index (κ1) is 29.7. The van der Waals surface area contributed by atoms with Crippen molar-refractivity contribution >= 4 is 16.8 Å². The summed E-state index contributed by atoms with van der Waals surface area (Å²) >= 11 is 0. The number of aliphatic hydroxyl groups excluding tert-OH is 1. The van der Waals surface area contributed by atoms with Gasteiger partial charge < -0.3 is 14.7 Å². The van der Waals surface area contributed by atoms with Gasteiger partial charge in [-0.3, -0.25) is 4.79 Å². The summed E-state index contributed by atoms with van der Waals surface area (Å²) in [6.45, 7) is 12.2. The topological polar surface area (TPSA) is 68.0 Å². The molecule has 0 aliphatic rings. The first-order valence-electron chi connectivity index (χ1n) is 12.0. The standard InChI is InChI=1S/C15H14N3.C13H24O2.Ir/c1-10-6-11(2)8-12(7-10)14-15-13(4-5-16-14)18(3)9-17-15;1-5-10(6-2)12(14)9-13(15)11(7-3)8-4;/h4-7,9H,1-3H3;9-11,14H,5-8H2,1-4H3;/q-1;;/b;12-9-;. The van der Waals surface area contributed by atoms with E-state index in [9.17, 15) is 9.90 Å². The monoisotopic (exact) mass is 641 g/mol. The SMILES string of the molecule is CCC(CC)C(=O)/C=C(\O)C(CC)CC.Cc1[c-]c(-c2nccc3c2ncn3C)cc(C)c1.[Ir]. The van der Waals surface area contributed by atoms with Gasteiger partial charge in [-0.15, -0.1) is 34.9 Å². The molecule has 2 aromatic heterocycles. The van der Waals surface area contributed by atoms with Gasteiger partial charge in [0.25, 0.3) is 0 Å². The van der Waals surface area contributed by atoms with Crippen molar-refractivity contribution in [1.29, 1.82) is 0 Å². The van der Waals surface area contributed by atoms with Gasteiger partial charge in [-0.05, 0) is 31.7 Å². The third-order valence-corrected chi connectivity index (χ3v) is 6.13. The van der Waals surface area contributed by atoms with E-state index in [1.165, 1.54) is 11.6 Å². The number of hydrogen-bond donors (Lipinski definition) is 1. The fourth-order valence-electron chi connectivity index (χ4n) is 4.06. The van der Waals surface area contributed by atoms with Crippen LogP contribution < -0.4 is 0 Å². The Morgan fingerprint density at radius 2 is 1.68 bits per heavy atom. The van der Waals surface area contributed by atoms with E-state index < -0.39 is 0 Å². The normalized spacial score (nSPS) is 11.4. The fourth-order valence-corrected chi connectivity index (χ4v) is 4.06. The number of allylic oxidation sites excluding steroid dienone is 2. The summed E-state index contributed by atoms with van der Waals surface area (Å²) in [5.74, 6) is 0.547. The van der Waals surface area contributed by atoms with Gasteiger partial charge in [0.2, 0.25) is 0 Å². The van der Waals surface area contributed by atoms with Crippen LogP contribution in [-0.2, 0) is 31.9 Å². The molecular formula is C28H38IrN3O2-. The minimum absolute atomic E-state index is 0. The van der Waals surface area contributed by atoms with E-state index in [1.807, 2.05) is 57.9 Å². The summed E-state index contributed by atoms with van der Waals surface area (Å²) in [6, 6.07) is 9.55. The van der Waals surface area contributed by atoms with Gasteiger partial charge in [0, 0.05) is 57.0 Å². The number of aryl methyl sites for hydroxylation is 3. The van der Waals surface area contributed by atoms with Crippen LogP contribution in [0.5, 0.6) is 0 Å². The Morgan fingerprint density at radius 1 is 1.06 bits per heavy atom. The van der Waals surface area contributed by atoms with Crippen LogP contribution in [0.25, 0.3) is 22.3 Å². The molecule has 1 aromatic carbocycles. The number of carbonyl (C=O) groups excluding carboxylic acids is 1. The second-order valence-corrected chi connectivity index (χ2v) is 8.64. The third kappa shape index (κ3) is 7.61. The summed E-state index contributed by atoms with van der Waals surface area (Å²) in [4.78, 5) is 20.6. The van der Waals surface area contributed by atoms with E-state index in [1.54, 1.807) is 0 Å². The summed E-state index contributed by atoms with van der Waals surface area (Å²) in [5.41, 5.74) is 6.28. The number of aliphatic hydroxyl groups is 1. The van der Waals surface area contributed by atoms with E-state index in [4.69, 9.17) is 0 Å². The molecule has 5 nitrogen and oxygen atoms in total. The van der Waals surface area contributed by atoms with E-state index in [-0.39, 0.29) is 43.5 Å². The summed E-state index contributed by atoms with van der Waals surface area (Å²) < 4.78 is 2.00. The third-order valence-electron chi connectivity index (χ3n) is 6.13. The summed E-state index contributed by atoms with van der Waals surface area (Å²) in [7, 11) is 1.99. The second-order valence-electron chi connectivity index (χ2n) is 8.64. The Kier molecular flexibility index (Phi) is 12.4. The summed E-state index contributed by atoms with van der Waals surface area (Å²) in [6.07, 6.45) is 8.55. The first-order chi connectivity index (χ1) is 15.7. The molecule has 0 atom stereocenters. The largest absolute Gasteiger partial charge is 0.512 e. The molecule has 3 rings (SSSR count). The van der Waals surface area contributed by atoms with Crippen LogP contribution in [0.2, 0.25) is 0 Å². The predicted octanol–water partition coefficient (Wildman–Crippen LogP) is 6.92. The molecule has 6 heteroatoms. The first-order valence-corrected chi connectivity index (χ1v) is 12.0. The smallest absolute Gasteiger partial charge is 0.162 e. The van der Waals surface area contributed by atoms with Gasteiger partial charge in [0.05, 0.1) is 23.1 Å². The van der Waals surface area contributed by atoms with Crippen LogP contribution in [0.1, 0.15) is 64.5 Å². The maximum absolute atomic E-state index is 11.7. The molecular weight excluding hydrogens is 603 g/mol. The zero-order valence-corrected chi connectivity index (χ0v) is 23.9. The molecule has 3 aromatic rings. The van der Waals surface area contributed by atoms with E-state index in [0.717, 1.165) is 53.5 Å². The number of nitrogens with zero attached hydrogens (tertiary/aromatic N) is 3. The molecule has 1 radical (unpaired) electrons. The van der Waals surface area contributed by atoms with Gasteiger partial charge in [-0.25, -0.2) is 4.98 Å². The Labute approximate surface area is 218 Å². The van der Waals surface area contributed by atoms with Gasteiger partial charge >= 0.3 is 0 Å². The van der Waals surface area contributed by atoms with Crippen molar-refractivity contribution in [2.75, 3.05) is 0 Å². The van der Waals surface area contributed by atoms with Crippen LogP contribution in [0.4, 0.5) is 0 Å². The number of rotatable bonds is 8. The van der Waals surface area contributed by atoms with E-state index in [0.29, 0.717) is 0 Å². The zero-order valence-electron chi connectivity index (χ0n) is 21.5. The summed E-state index contributed by atoms with van der Waals surface area (Å²) in [5, 5.41) is 9.76. The van der Waals surface area contributed by atoms with E-state index in [2.05, 4.69) is 42.0 Å². The fraction of sp³-hybridized carbons (Fsp3) is 0.464. The average Bonchev–Trinajstić information content (AvgIpc) is 3.16. The minimum Gasteiger partial charge on any atom is -0.512 e. The molecule has 2 heterocycles. The molecule has 0 unspecified atom stereocenters. The molecule has 0 amide bonds. The quantitative estimate of drug-likeness (QED) is 0.165. The molecule has 187 valence electrons. The number of fused-ring (bicyclic) bond motifs is 1. The van der Waals surface area contributed by atoms with Gasteiger partial charge in [-0.2, -0.15) is 0 Å². The van der Waals surface area contributed by atoms with Crippen LogP contribution in [0, 0.1) is 31.7 Å². The van der Waals surface area contributed by atoms with Crippen molar-refractivity contribution in [2.24, 2.45) is 18.9 Å². The zero-order chi connectivity index (χ0) is 24.5. The Morgan fingerprint density at radius 3 is 2.24 bits per heavy atom. The van der Waals surface area contributed by atoms with E-state index >= 15 is 0 Å². The van der Waals surface area contributed by atoms with Crippen molar-refractivity contribution in [3.8, 4) is 11.3 Å². The van der Waals surface area contributed by atoms with Crippen LogP contribution in [0.3, 0.4) is 0 Å². The second kappa shape index (κ2) is 14.2. The minimum atomic E-state index is 0. The molecule has 0 saturated carbocycles. The van der Waals surface area contributed by atoms with Gasteiger partial charge in [0.15, 0.2) is 5.78 Å². The molecule has 0 aliphatic carbocycles. The molecule has 0 saturated heterocycles. The predicted molar refractivity (Wildman–Crippen MR) is 136 cm³/mol. The number of carbonyl (C=O) groups is 1. The van der Waals surface area contributed by atoms with Crippen LogP contribution in [0.15, 0.2) is 42.6 Å². The van der Waals surface area contributed by atoms with Crippen LogP contribution in [-0.4, -0.2) is 25.4 Å². The Balaban J connectivity index is 0.000000338. The number of pyridine rings is 1. The maximum atomic E-state index is 11.7. The van der Waals surface area contributed by atoms with Crippen molar-refractivity contribution in [3.05, 3.63) is 59.8 Å².